The highest BCUT2D eigenvalue weighted by molar-refractivity contribution is 6.01. The van der Waals surface area contributed by atoms with Gasteiger partial charge in [-0.15, -0.1) is 39.2 Å². The lowest BCUT2D eigenvalue weighted by Gasteiger charge is -2.22. The van der Waals surface area contributed by atoms with Gasteiger partial charge in [-0.1, -0.05) is 154 Å². The van der Waals surface area contributed by atoms with Gasteiger partial charge < -0.3 is 0 Å². The summed E-state index contributed by atoms with van der Waals surface area (Å²) in [6, 6.07) is 68.1. The summed E-state index contributed by atoms with van der Waals surface area (Å²) >= 11 is 0. The van der Waals surface area contributed by atoms with Gasteiger partial charge in [0.15, 0.2) is 5.82 Å². The molecule has 0 unspecified atom stereocenters. The lowest BCUT2D eigenvalue weighted by atomic mass is 10.2. The molecule has 0 radical (unpaired) electrons. The Bertz CT molecular complexity index is 3930. The van der Waals surface area contributed by atoms with E-state index >= 15 is 0 Å². The molecule has 0 fully saturated rings. The van der Waals surface area contributed by atoms with Crippen molar-refractivity contribution in [3.8, 4) is 0 Å². The van der Waals surface area contributed by atoms with Crippen molar-refractivity contribution < 1.29 is 18.8 Å². The zero-order valence-electron chi connectivity index (χ0n) is 41.6. The predicted molar refractivity (Wildman–Crippen MR) is 292 cm³/mol. The zero-order valence-corrected chi connectivity index (χ0v) is 41.6. The average Bonchev–Trinajstić information content (AvgIpc) is 3.56. The van der Waals surface area contributed by atoms with E-state index < -0.39 is 0 Å². The fourth-order valence-electron chi connectivity index (χ4n) is 8.67. The molecule has 0 saturated heterocycles. The molecule has 4 aliphatic heterocycles. The molecule has 0 aliphatic carbocycles. The molecule has 21 heteroatoms. The van der Waals surface area contributed by atoms with E-state index in [0.717, 1.165) is 22.3 Å². The maximum Gasteiger partial charge on any atom is 0.347 e. The lowest BCUT2D eigenvalue weighted by Crippen LogP contribution is -2.34. The Labute approximate surface area is 446 Å². The number of benzene rings is 4. The fraction of sp³-hybridized carbons (Fsp3) is 0.0702. The van der Waals surface area contributed by atoms with Gasteiger partial charge in [0.2, 0.25) is 50.0 Å². The predicted octanol–water partition coefficient (Wildman–Crippen LogP) is 10.4. The quantitative estimate of drug-likeness (QED) is 0.107. The Balaban J connectivity index is 0.822. The third-order valence-electron chi connectivity index (χ3n) is 12.5. The molecule has 0 spiro atoms. The van der Waals surface area contributed by atoms with E-state index in [1.807, 2.05) is 251 Å². The van der Waals surface area contributed by atoms with E-state index in [1.165, 1.54) is 0 Å². The van der Waals surface area contributed by atoms with Crippen LogP contribution in [-0.4, -0.2) is 93.7 Å². The van der Waals surface area contributed by atoms with Crippen molar-refractivity contribution in [3.05, 3.63) is 247 Å². The number of hydrazone groups is 4. The summed E-state index contributed by atoms with van der Waals surface area (Å²) in [5.74, 6) is 6.69. The number of hydrogen-bond acceptors (Lipinski definition) is 17. The summed E-state index contributed by atoms with van der Waals surface area (Å²) in [4.78, 5) is 24.7. The zero-order chi connectivity index (χ0) is 52.0. The minimum absolute atomic E-state index is 0.171. The van der Waals surface area contributed by atoms with Gasteiger partial charge in [0, 0.05) is 70.9 Å². The molecular formula is C57H45N21+4. The first-order valence-corrected chi connectivity index (χ1v) is 25.0. The van der Waals surface area contributed by atoms with Gasteiger partial charge in [-0.3, -0.25) is 0 Å². The summed E-state index contributed by atoms with van der Waals surface area (Å²) < 4.78 is 7.24. The molecule has 0 bridgehead atoms. The van der Waals surface area contributed by atoms with Gasteiger partial charge in [0.1, 0.15) is 6.20 Å². The first-order valence-electron chi connectivity index (χ1n) is 25.0. The van der Waals surface area contributed by atoms with Crippen molar-refractivity contribution in [2.75, 3.05) is 46.7 Å². The second kappa shape index (κ2) is 21.0. The van der Waals surface area contributed by atoms with Gasteiger partial charge in [0.05, 0.1) is 0 Å². The van der Waals surface area contributed by atoms with Crippen LogP contribution >= 0.6 is 0 Å². The standard InChI is InChI=1S/C57H45N21/c1-5-20-42(21-6-1)54-63-71(46-28-13-15-36-58-46)38-73(65-54)48-30-17-32-50(60-48)75-40-77(69-56(67-75)44-24-9-3-10-25-44)52-34-19-35-53(62-52)78-41-76(68-57(70-78)45-26-11-4-12-27-45)51-33-18-31-49(61-51)74-39-72(47-29-14-16-37-59-47)64-55(66-74)43-22-7-2-8-23-43/h1-37H,38-41H2/q+4. The van der Waals surface area contributed by atoms with Crippen LogP contribution in [-0.2, 0) is 0 Å². The van der Waals surface area contributed by atoms with Crippen LogP contribution in [0.15, 0.2) is 266 Å². The molecule has 4 aliphatic rings. The summed E-state index contributed by atoms with van der Waals surface area (Å²) in [6.45, 7) is 0.873. The molecule has 9 aromatic rings. The molecule has 21 nitrogen and oxygen atoms in total. The molecule has 5 aromatic heterocycles. The van der Waals surface area contributed by atoms with Crippen molar-refractivity contribution in [1.29, 1.82) is 0 Å². The maximum absolute atomic E-state index is 5.23. The molecule has 0 atom stereocenters. The number of azo groups is 8. The molecule has 0 amide bonds. The number of amidine groups is 4. The second-order valence-corrected chi connectivity index (χ2v) is 17.8. The largest absolute Gasteiger partial charge is 0.347 e. The number of rotatable bonds is 12. The Hall–Kier alpha value is -11.1. The topological polar surface area (TPSA) is 188 Å². The third kappa shape index (κ3) is 9.99. The van der Waals surface area contributed by atoms with Crippen LogP contribution in [0.5, 0.6) is 0 Å². The summed E-state index contributed by atoms with van der Waals surface area (Å²) in [5, 5.41) is 47.3. The molecule has 9 heterocycles. The number of nitrogens with zero attached hydrogens (tertiary/aromatic N) is 21. The van der Waals surface area contributed by atoms with Crippen molar-refractivity contribution in [2.45, 2.75) is 0 Å². The first-order chi connectivity index (χ1) is 38.6. The number of anilines is 4. The molecule has 13 rings (SSSR count). The smallest absolute Gasteiger partial charge is 0.237 e. The van der Waals surface area contributed by atoms with Crippen molar-refractivity contribution >= 4 is 69.9 Å². The Morgan fingerprint density at radius 3 is 0.859 bits per heavy atom. The van der Waals surface area contributed by atoms with Crippen LogP contribution in [0.2, 0.25) is 0 Å². The van der Waals surface area contributed by atoms with Gasteiger partial charge in [-0.25, -0.2) is 9.99 Å². The maximum atomic E-state index is 5.23. The Morgan fingerprint density at radius 2 is 0.538 bits per heavy atom. The second-order valence-electron chi connectivity index (χ2n) is 17.8. The van der Waals surface area contributed by atoms with E-state index in [0.29, 0.717) is 69.9 Å². The van der Waals surface area contributed by atoms with Crippen molar-refractivity contribution in [3.63, 3.8) is 0 Å². The number of pyridine rings is 5. The highest BCUT2D eigenvalue weighted by Gasteiger charge is 2.34. The Morgan fingerprint density at radius 1 is 0.256 bits per heavy atom. The molecule has 0 N–H and O–H groups in total. The van der Waals surface area contributed by atoms with Gasteiger partial charge >= 0.3 is 23.3 Å². The molecular weight excluding hydrogens is 979 g/mol. The van der Waals surface area contributed by atoms with Gasteiger partial charge in [0.25, 0.3) is 17.5 Å². The third-order valence-corrected chi connectivity index (χ3v) is 12.5. The lowest BCUT2D eigenvalue weighted by molar-refractivity contribution is -0.513. The van der Waals surface area contributed by atoms with Crippen molar-refractivity contribution in [2.24, 2.45) is 40.9 Å². The van der Waals surface area contributed by atoms with Crippen molar-refractivity contribution in [1.82, 2.24) is 24.9 Å². The molecule has 374 valence electrons. The van der Waals surface area contributed by atoms with Crippen LogP contribution < -0.4 is 20.0 Å². The van der Waals surface area contributed by atoms with Crippen LogP contribution in [0.25, 0.3) is 0 Å². The highest BCUT2D eigenvalue weighted by Crippen LogP contribution is 2.29. The minimum Gasteiger partial charge on any atom is -0.237 e. The number of hydrogen-bond donors (Lipinski definition) is 0. The SMILES string of the molecule is c1ccc(C2=NN(c3ccccn3)C[N+](c3cccc(N4C[N+](c5cccc(N6C[N+](c7cccc(N8C[N+](c9ccccn9)=NC(c9ccccc9)=N8)n7)=NC(c7ccccc7)=N6)n5)=NC(c5ccccc5)=N4)n3)=N2)cc1. The van der Waals surface area contributed by atoms with Crippen LogP contribution in [0.3, 0.4) is 0 Å². The fourth-order valence-corrected chi connectivity index (χ4v) is 8.67. The van der Waals surface area contributed by atoms with E-state index in [1.54, 1.807) is 12.4 Å². The normalized spacial score (nSPS) is 15.5. The molecule has 78 heavy (non-hydrogen) atoms. The van der Waals surface area contributed by atoms with Gasteiger partial charge in [-0.2, -0.15) is 15.0 Å². The minimum atomic E-state index is 0.171. The van der Waals surface area contributed by atoms with E-state index in [4.69, 9.17) is 55.8 Å². The summed E-state index contributed by atoms with van der Waals surface area (Å²) in [7, 11) is 0. The average molecular weight is 1020 g/mol. The van der Waals surface area contributed by atoms with Gasteiger partial charge in [-0.05, 0) is 56.3 Å². The van der Waals surface area contributed by atoms with E-state index in [9.17, 15) is 0 Å². The van der Waals surface area contributed by atoms with E-state index in [2.05, 4.69) is 9.97 Å². The highest BCUT2D eigenvalue weighted by atomic mass is 15.6. The van der Waals surface area contributed by atoms with E-state index in [-0.39, 0.29) is 26.7 Å². The van der Waals surface area contributed by atoms with Crippen LogP contribution in [0.4, 0.5) is 46.5 Å². The van der Waals surface area contributed by atoms with Crippen LogP contribution in [0.1, 0.15) is 22.3 Å². The summed E-state index contributed by atoms with van der Waals surface area (Å²) in [5.41, 5.74) is 3.33. The Kier molecular flexibility index (Phi) is 12.6. The first kappa shape index (κ1) is 46.7. The summed E-state index contributed by atoms with van der Waals surface area (Å²) in [6.07, 6.45) is 3.49. The van der Waals surface area contributed by atoms with Crippen LogP contribution in [0, 0.1) is 0 Å². The molecule has 4 aromatic carbocycles. The monoisotopic (exact) mass is 1020 g/mol. The molecule has 0 saturated carbocycles. The number of aromatic nitrogens is 5.